The fourth-order valence-corrected chi connectivity index (χ4v) is 2.36. The van der Waals surface area contributed by atoms with Crippen LogP contribution >= 0.6 is 23.2 Å². The summed E-state index contributed by atoms with van der Waals surface area (Å²) in [7, 11) is 0. The van der Waals surface area contributed by atoms with E-state index in [2.05, 4.69) is 5.32 Å². The van der Waals surface area contributed by atoms with Crippen LogP contribution < -0.4 is 16.7 Å². The van der Waals surface area contributed by atoms with Gasteiger partial charge in [0.15, 0.2) is 0 Å². The average molecular weight is 321 g/mol. The molecule has 3 aromatic rings. The van der Waals surface area contributed by atoms with Crippen LogP contribution in [0.4, 0.5) is 17.3 Å². The number of benzene rings is 2. The van der Waals surface area contributed by atoms with E-state index < -0.39 is 5.63 Å². The van der Waals surface area contributed by atoms with E-state index in [0.29, 0.717) is 32.2 Å². The van der Waals surface area contributed by atoms with Gasteiger partial charge in [-0.1, -0.05) is 41.4 Å². The number of nitrogens with two attached hydrogens (primary N) is 1. The second kappa shape index (κ2) is 5.31. The number of nitrogens with one attached hydrogen (secondary N) is 1. The average Bonchev–Trinajstić information content (AvgIpc) is 2.47. The number of rotatable bonds is 2. The van der Waals surface area contributed by atoms with Crippen molar-refractivity contribution in [1.82, 2.24) is 0 Å². The van der Waals surface area contributed by atoms with Crippen molar-refractivity contribution in [2.24, 2.45) is 0 Å². The minimum atomic E-state index is -0.470. The third-order valence-electron chi connectivity index (χ3n) is 3.05. The zero-order chi connectivity index (χ0) is 15.0. The predicted molar refractivity (Wildman–Crippen MR) is 86.6 cm³/mol. The van der Waals surface area contributed by atoms with E-state index in [9.17, 15) is 4.79 Å². The van der Waals surface area contributed by atoms with Crippen molar-refractivity contribution in [1.29, 1.82) is 0 Å². The lowest BCUT2D eigenvalue weighted by Crippen LogP contribution is -2.06. The molecule has 6 heteroatoms. The number of hydrogen-bond donors (Lipinski definition) is 2. The molecule has 2 aromatic carbocycles. The summed E-state index contributed by atoms with van der Waals surface area (Å²) in [6.07, 6.45) is 0. The Morgan fingerprint density at radius 3 is 2.43 bits per heavy atom. The Balaban J connectivity index is 2.16. The molecule has 0 fully saturated rings. The van der Waals surface area contributed by atoms with E-state index in [-0.39, 0.29) is 5.88 Å². The molecule has 0 saturated heterocycles. The minimum absolute atomic E-state index is 0.0183. The molecule has 0 radical (unpaired) electrons. The maximum atomic E-state index is 11.8. The summed E-state index contributed by atoms with van der Waals surface area (Å²) in [6.45, 7) is 0. The van der Waals surface area contributed by atoms with Crippen LogP contribution in [0.15, 0.2) is 51.7 Å². The normalized spacial score (nSPS) is 10.8. The van der Waals surface area contributed by atoms with E-state index in [1.807, 2.05) is 6.07 Å². The van der Waals surface area contributed by atoms with Gasteiger partial charge in [0, 0.05) is 11.1 Å². The molecule has 1 heterocycles. The van der Waals surface area contributed by atoms with Gasteiger partial charge in [0.1, 0.15) is 5.69 Å². The van der Waals surface area contributed by atoms with Gasteiger partial charge in [0.25, 0.3) is 0 Å². The van der Waals surface area contributed by atoms with Crippen LogP contribution in [-0.2, 0) is 0 Å². The Labute approximate surface area is 130 Å². The third-order valence-corrected chi connectivity index (χ3v) is 3.79. The summed E-state index contributed by atoms with van der Waals surface area (Å²) in [5.74, 6) is 0.0183. The Hall–Kier alpha value is -2.17. The van der Waals surface area contributed by atoms with Gasteiger partial charge in [-0.15, -0.1) is 0 Å². The van der Waals surface area contributed by atoms with Crippen molar-refractivity contribution in [2.45, 2.75) is 0 Å². The first kappa shape index (κ1) is 13.8. The second-order valence-corrected chi connectivity index (χ2v) is 5.24. The molecular formula is C15H10Cl2N2O2. The number of nitrogen functional groups attached to an aromatic ring is 1. The molecule has 0 saturated carbocycles. The summed E-state index contributed by atoms with van der Waals surface area (Å²) in [5.41, 5.74) is 6.55. The third kappa shape index (κ3) is 2.55. The van der Waals surface area contributed by atoms with Gasteiger partial charge in [-0.05, 0) is 24.3 Å². The molecule has 3 rings (SSSR count). The molecule has 1 aromatic heterocycles. The summed E-state index contributed by atoms with van der Waals surface area (Å²) >= 11 is 11.9. The van der Waals surface area contributed by atoms with Crippen molar-refractivity contribution >= 4 is 51.2 Å². The molecule has 3 N–H and O–H groups in total. The largest absolute Gasteiger partial charge is 0.404 e. The number of hydrogen-bond acceptors (Lipinski definition) is 4. The first-order valence-corrected chi connectivity index (χ1v) is 6.85. The van der Waals surface area contributed by atoms with E-state index in [1.165, 1.54) is 0 Å². The highest BCUT2D eigenvalue weighted by Gasteiger charge is 2.12. The monoisotopic (exact) mass is 320 g/mol. The van der Waals surface area contributed by atoms with Crippen molar-refractivity contribution in [2.75, 3.05) is 11.1 Å². The molecule has 0 unspecified atom stereocenters. The van der Waals surface area contributed by atoms with Crippen molar-refractivity contribution in [3.8, 4) is 0 Å². The lowest BCUT2D eigenvalue weighted by Gasteiger charge is -2.11. The predicted octanol–water partition coefficient (Wildman–Crippen LogP) is 4.43. The number of halogens is 2. The first-order chi connectivity index (χ1) is 10.1. The number of anilines is 3. The van der Waals surface area contributed by atoms with Gasteiger partial charge < -0.3 is 15.5 Å². The zero-order valence-electron chi connectivity index (χ0n) is 10.7. The van der Waals surface area contributed by atoms with Gasteiger partial charge in [0.2, 0.25) is 5.88 Å². The Morgan fingerprint density at radius 1 is 1.00 bits per heavy atom. The quantitative estimate of drug-likeness (QED) is 0.733. The molecule has 4 nitrogen and oxygen atoms in total. The van der Waals surface area contributed by atoms with Crippen LogP contribution in [0.5, 0.6) is 0 Å². The van der Waals surface area contributed by atoms with E-state index in [0.717, 1.165) is 0 Å². The summed E-state index contributed by atoms with van der Waals surface area (Å²) in [5, 5.41) is 5.12. The Bertz CT molecular complexity index is 890. The molecule has 0 bridgehead atoms. The molecule has 0 aliphatic rings. The highest BCUT2D eigenvalue weighted by Crippen LogP contribution is 2.32. The van der Waals surface area contributed by atoms with Gasteiger partial charge in [-0.2, -0.15) is 0 Å². The van der Waals surface area contributed by atoms with Crippen LogP contribution in [0, 0.1) is 0 Å². The Morgan fingerprint density at radius 2 is 1.71 bits per heavy atom. The van der Waals surface area contributed by atoms with Crippen LogP contribution in [0.3, 0.4) is 0 Å². The fraction of sp³-hybridized carbons (Fsp3) is 0. The van der Waals surface area contributed by atoms with Crippen LogP contribution in [0.25, 0.3) is 10.8 Å². The van der Waals surface area contributed by atoms with E-state index in [1.54, 1.807) is 36.4 Å². The van der Waals surface area contributed by atoms with Crippen LogP contribution in [0.1, 0.15) is 0 Å². The van der Waals surface area contributed by atoms with Crippen LogP contribution in [-0.4, -0.2) is 0 Å². The molecule has 0 aliphatic heterocycles. The van der Waals surface area contributed by atoms with Gasteiger partial charge >= 0.3 is 5.63 Å². The highest BCUT2D eigenvalue weighted by molar-refractivity contribution is 6.42. The molecule has 106 valence electrons. The van der Waals surface area contributed by atoms with Crippen molar-refractivity contribution in [3.05, 3.63) is 62.9 Å². The molecular weight excluding hydrogens is 311 g/mol. The van der Waals surface area contributed by atoms with E-state index in [4.69, 9.17) is 33.4 Å². The molecule has 0 atom stereocenters. The highest BCUT2D eigenvalue weighted by atomic mass is 35.5. The lowest BCUT2D eigenvalue weighted by molar-refractivity contribution is 0.542. The molecule has 21 heavy (non-hydrogen) atoms. The zero-order valence-corrected chi connectivity index (χ0v) is 12.2. The van der Waals surface area contributed by atoms with E-state index >= 15 is 0 Å². The topological polar surface area (TPSA) is 68.3 Å². The Kier molecular flexibility index (Phi) is 3.49. The van der Waals surface area contributed by atoms with Crippen LogP contribution in [0.2, 0.25) is 10.0 Å². The van der Waals surface area contributed by atoms with Gasteiger partial charge in [-0.25, -0.2) is 4.79 Å². The maximum absolute atomic E-state index is 11.8. The first-order valence-electron chi connectivity index (χ1n) is 6.09. The summed E-state index contributed by atoms with van der Waals surface area (Å²) in [6, 6.07) is 12.2. The summed E-state index contributed by atoms with van der Waals surface area (Å²) in [4.78, 5) is 11.8. The van der Waals surface area contributed by atoms with Crippen molar-refractivity contribution < 1.29 is 4.42 Å². The van der Waals surface area contributed by atoms with Crippen molar-refractivity contribution in [3.63, 3.8) is 0 Å². The minimum Gasteiger partial charge on any atom is -0.404 e. The standard InChI is InChI=1S/C15H10Cl2N2O2/c16-11-6-5-8(7-12(11)17)19-13-9-3-1-2-4-10(9)15(20)21-14(13)18/h1-7,19H,18H2. The maximum Gasteiger partial charge on any atom is 0.345 e. The fourth-order valence-electron chi connectivity index (χ4n) is 2.06. The van der Waals surface area contributed by atoms with Gasteiger partial charge in [-0.3, -0.25) is 0 Å². The smallest absolute Gasteiger partial charge is 0.345 e. The van der Waals surface area contributed by atoms with Gasteiger partial charge in [0.05, 0.1) is 15.4 Å². The lowest BCUT2D eigenvalue weighted by atomic mass is 10.1. The SMILES string of the molecule is Nc1oc(=O)c2ccccc2c1Nc1ccc(Cl)c(Cl)c1. The molecule has 0 aliphatic carbocycles. The second-order valence-electron chi connectivity index (χ2n) is 4.43. The molecule has 0 spiro atoms. The summed E-state index contributed by atoms with van der Waals surface area (Å²) < 4.78 is 5.05. The molecule has 0 amide bonds. The number of fused-ring (bicyclic) bond motifs is 1.